The molecule has 0 aliphatic heterocycles. The maximum Gasteiger partial charge on any atom is 0.249 e. The standard InChI is InChI=1S/C3H3ClNS/c4-6-2-1-5-3-6/h1-3H/q+1. The smallest absolute Gasteiger partial charge is 0.207 e. The summed E-state index contributed by atoms with van der Waals surface area (Å²) >= 11 is 0. The molecule has 1 aromatic heterocycles. The molecule has 0 aromatic carbocycles. The van der Waals surface area contributed by atoms with Crippen LogP contribution in [0, 0.1) is 0 Å². The Morgan fingerprint density at radius 1 is 1.67 bits per heavy atom. The van der Waals surface area contributed by atoms with Crippen LogP contribution >= 0.6 is 20.4 Å². The van der Waals surface area contributed by atoms with E-state index in [4.69, 9.17) is 10.7 Å². The highest BCUT2D eigenvalue weighted by atomic mass is 35.7. The van der Waals surface area contributed by atoms with Crippen molar-refractivity contribution in [2.45, 2.75) is 0 Å². The third kappa shape index (κ3) is 0.698. The lowest BCUT2D eigenvalue weighted by molar-refractivity contribution is 1.43. The molecule has 1 rings (SSSR count). The Hall–Kier alpha value is -0.0800. The third-order valence-corrected chi connectivity index (χ3v) is 1.69. The van der Waals surface area contributed by atoms with Crippen LogP contribution in [0.15, 0.2) is 17.1 Å². The summed E-state index contributed by atoms with van der Waals surface area (Å²) in [5, 5.41) is 1.85. The molecule has 0 spiro atoms. The normalized spacial score (nSPS) is 11.8. The van der Waals surface area contributed by atoms with E-state index < -0.39 is 0 Å². The van der Waals surface area contributed by atoms with Gasteiger partial charge in [-0.05, 0) is 0 Å². The van der Waals surface area contributed by atoms with E-state index in [0.29, 0.717) is 0 Å². The fourth-order valence-electron chi connectivity index (χ4n) is 0.222. The SMILES string of the molecule is Cl[s+]1ccnc1. The highest BCUT2D eigenvalue weighted by Crippen LogP contribution is 2.17. The van der Waals surface area contributed by atoms with Gasteiger partial charge in [0.05, 0.1) is 6.20 Å². The van der Waals surface area contributed by atoms with Gasteiger partial charge in [-0.2, -0.15) is 0 Å². The van der Waals surface area contributed by atoms with Gasteiger partial charge in [0, 0.05) is 0 Å². The van der Waals surface area contributed by atoms with Crippen molar-refractivity contribution in [3.63, 3.8) is 0 Å². The van der Waals surface area contributed by atoms with Gasteiger partial charge < -0.3 is 0 Å². The fraction of sp³-hybridized carbons (Fsp3) is 0. The predicted molar refractivity (Wildman–Crippen MR) is 28.0 cm³/mol. The average molecular weight is 121 g/mol. The molecule has 0 radical (unpaired) electrons. The molecule has 3 heteroatoms. The van der Waals surface area contributed by atoms with Gasteiger partial charge in [0.15, 0.2) is 5.38 Å². The molecule has 0 bridgehead atoms. The number of rotatable bonds is 0. The second-order valence-corrected chi connectivity index (χ2v) is 3.03. The Labute approximate surface area is 43.1 Å². The van der Waals surface area contributed by atoms with E-state index in [1.54, 1.807) is 11.7 Å². The largest absolute Gasteiger partial charge is 0.249 e. The summed E-state index contributed by atoms with van der Waals surface area (Å²) < 4.78 is 0. The van der Waals surface area contributed by atoms with Crippen molar-refractivity contribution >= 4 is 20.4 Å². The summed E-state index contributed by atoms with van der Waals surface area (Å²) in [7, 11) is 5.33. The molecule has 1 aromatic rings. The van der Waals surface area contributed by atoms with Crippen LogP contribution in [0.3, 0.4) is 0 Å². The zero-order chi connectivity index (χ0) is 4.41. The lowest BCUT2D eigenvalue weighted by Crippen LogP contribution is -1.38. The molecule has 0 amide bonds. The zero-order valence-corrected chi connectivity index (χ0v) is 4.54. The van der Waals surface area contributed by atoms with Gasteiger partial charge in [-0.25, -0.2) is 4.98 Å². The minimum atomic E-state index is -0.173. The van der Waals surface area contributed by atoms with E-state index in [1.165, 1.54) is 0 Å². The second-order valence-electron chi connectivity index (χ2n) is 0.854. The average Bonchev–Trinajstić information content (AvgIpc) is 1.86. The number of hydrogen-bond donors (Lipinski definition) is 0. The summed E-state index contributed by atoms with van der Waals surface area (Å²) in [5.41, 5.74) is 1.71. The molecule has 0 saturated carbocycles. The summed E-state index contributed by atoms with van der Waals surface area (Å²) in [6.45, 7) is 0. The number of halogens is 1. The van der Waals surface area contributed by atoms with E-state index >= 15 is 0 Å². The van der Waals surface area contributed by atoms with Gasteiger partial charge in [-0.1, -0.05) is 0 Å². The fourth-order valence-corrected chi connectivity index (χ4v) is 0.941. The molecule has 1 nitrogen and oxygen atoms in total. The first-order valence-electron chi connectivity index (χ1n) is 1.48. The van der Waals surface area contributed by atoms with E-state index in [2.05, 4.69) is 4.98 Å². The zero-order valence-electron chi connectivity index (χ0n) is 2.97. The highest BCUT2D eigenvalue weighted by Gasteiger charge is 1.91. The van der Waals surface area contributed by atoms with Crippen LogP contribution in [0.25, 0.3) is 0 Å². The Morgan fingerprint density at radius 2 is 2.50 bits per heavy atom. The van der Waals surface area contributed by atoms with Crippen molar-refractivity contribution < 1.29 is 0 Å². The molecule has 0 fully saturated rings. The van der Waals surface area contributed by atoms with Crippen molar-refractivity contribution in [3.8, 4) is 0 Å². The first kappa shape index (κ1) is 4.09. The minimum Gasteiger partial charge on any atom is -0.207 e. The van der Waals surface area contributed by atoms with Crippen molar-refractivity contribution in [1.29, 1.82) is 0 Å². The first-order chi connectivity index (χ1) is 2.89. The molecule has 32 valence electrons. The molecule has 1 heterocycles. The number of hydrogen-bond acceptors (Lipinski definition) is 1. The first-order valence-corrected chi connectivity index (χ1v) is 3.65. The van der Waals surface area contributed by atoms with Crippen molar-refractivity contribution in [1.82, 2.24) is 4.98 Å². The van der Waals surface area contributed by atoms with Gasteiger partial charge in [0.25, 0.3) is 0 Å². The lowest BCUT2D eigenvalue weighted by Gasteiger charge is -1.46. The van der Waals surface area contributed by atoms with E-state index in [0.717, 1.165) is 0 Å². The van der Waals surface area contributed by atoms with Crippen LogP contribution in [-0.4, -0.2) is 4.98 Å². The Kier molecular flexibility index (Phi) is 1.08. The highest BCUT2D eigenvalue weighted by molar-refractivity contribution is 7.59. The molecular weight excluding hydrogens is 118 g/mol. The molecule has 0 saturated heterocycles. The second kappa shape index (κ2) is 1.58. The van der Waals surface area contributed by atoms with Crippen LogP contribution < -0.4 is 0 Å². The maximum atomic E-state index is 5.50. The van der Waals surface area contributed by atoms with E-state index in [9.17, 15) is 0 Å². The Balaban J connectivity index is 3.05. The van der Waals surface area contributed by atoms with Crippen LogP contribution in [0.2, 0.25) is 0 Å². The van der Waals surface area contributed by atoms with E-state index in [-0.39, 0.29) is 9.68 Å². The van der Waals surface area contributed by atoms with Crippen LogP contribution in [0.1, 0.15) is 0 Å². The summed E-state index contributed by atoms with van der Waals surface area (Å²) in [5.74, 6) is 0. The number of aromatic nitrogens is 1. The monoisotopic (exact) mass is 120 g/mol. The molecule has 0 aliphatic rings. The minimum absolute atomic E-state index is 0.173. The van der Waals surface area contributed by atoms with E-state index in [1.807, 2.05) is 5.38 Å². The quantitative estimate of drug-likeness (QED) is 0.476. The van der Waals surface area contributed by atoms with Crippen LogP contribution in [0.5, 0.6) is 0 Å². The van der Waals surface area contributed by atoms with Gasteiger partial charge in [0.1, 0.15) is 9.68 Å². The predicted octanol–water partition coefficient (Wildman–Crippen LogP) is 1.83. The summed E-state index contributed by atoms with van der Waals surface area (Å²) in [4.78, 5) is 3.74. The number of thiazole rings is 1. The molecular formula is C3H3ClNS+. The Bertz CT molecular complexity index is 114. The molecule has 0 aliphatic carbocycles. The van der Waals surface area contributed by atoms with Crippen molar-refractivity contribution in [2.75, 3.05) is 0 Å². The van der Waals surface area contributed by atoms with Gasteiger partial charge in [0.2, 0.25) is 16.2 Å². The number of nitrogens with zero attached hydrogens (tertiary/aromatic N) is 1. The maximum absolute atomic E-state index is 5.50. The topological polar surface area (TPSA) is 12.9 Å². The van der Waals surface area contributed by atoms with Crippen molar-refractivity contribution in [2.24, 2.45) is 0 Å². The van der Waals surface area contributed by atoms with Gasteiger partial charge in [-0.15, -0.1) is 0 Å². The molecule has 0 N–H and O–H groups in total. The third-order valence-electron chi connectivity index (χ3n) is 0.438. The van der Waals surface area contributed by atoms with Crippen LogP contribution in [0.4, 0.5) is 0 Å². The Morgan fingerprint density at radius 3 is 2.67 bits per heavy atom. The van der Waals surface area contributed by atoms with Gasteiger partial charge in [-0.3, -0.25) is 0 Å². The summed E-state index contributed by atoms with van der Waals surface area (Å²) in [6, 6.07) is 0. The lowest BCUT2D eigenvalue weighted by atomic mass is 11.0. The van der Waals surface area contributed by atoms with Crippen LogP contribution in [-0.2, 0) is 0 Å². The molecule has 6 heavy (non-hydrogen) atoms. The molecule has 1 atom stereocenters. The summed E-state index contributed by atoms with van der Waals surface area (Å²) in [6.07, 6.45) is 1.70. The van der Waals surface area contributed by atoms with Crippen molar-refractivity contribution in [3.05, 3.63) is 17.1 Å². The molecule has 1 unspecified atom stereocenters. The van der Waals surface area contributed by atoms with Gasteiger partial charge >= 0.3 is 0 Å².